The maximum Gasteiger partial charge on any atom is 0.433 e. The highest BCUT2D eigenvalue weighted by molar-refractivity contribution is 5.93. The normalized spacial score (nSPS) is 16.6. The quantitative estimate of drug-likeness (QED) is 0.669. The van der Waals surface area contributed by atoms with Crippen molar-refractivity contribution < 1.29 is 22.7 Å². The predicted molar refractivity (Wildman–Crippen MR) is 110 cm³/mol. The monoisotopic (exact) mass is 445 g/mol. The molecule has 3 heterocycles. The molecule has 1 aliphatic carbocycles. The van der Waals surface area contributed by atoms with Crippen LogP contribution in [-0.4, -0.2) is 64.8 Å². The minimum atomic E-state index is -4.63. The van der Waals surface area contributed by atoms with Crippen LogP contribution in [0.15, 0.2) is 30.3 Å². The number of nitrogens with one attached hydrogen (secondary N) is 1. The zero-order chi connectivity index (χ0) is 22.3. The Morgan fingerprint density at radius 1 is 1.16 bits per heavy atom. The maximum absolute atomic E-state index is 14.1. The summed E-state index contributed by atoms with van der Waals surface area (Å²) < 4.78 is 48.3. The first kappa shape index (κ1) is 20.9. The first-order valence-electron chi connectivity index (χ1n) is 10.6. The first-order chi connectivity index (χ1) is 15.4. The van der Waals surface area contributed by atoms with Gasteiger partial charge in [0.05, 0.1) is 18.9 Å². The molecule has 0 spiro atoms. The van der Waals surface area contributed by atoms with E-state index in [1.165, 1.54) is 6.07 Å². The summed E-state index contributed by atoms with van der Waals surface area (Å²) in [5.41, 5.74) is 1.15. The Bertz CT molecular complexity index is 1170. The number of benzene rings is 1. The van der Waals surface area contributed by atoms with E-state index in [-0.39, 0.29) is 23.3 Å². The summed E-state index contributed by atoms with van der Waals surface area (Å²) in [5.74, 6) is -0.518. The smallest absolute Gasteiger partial charge is 0.379 e. The fourth-order valence-corrected chi connectivity index (χ4v) is 4.37. The molecule has 1 aliphatic heterocycles. The number of aromatic nitrogens is 3. The number of fused-ring (bicyclic) bond motifs is 4. The van der Waals surface area contributed by atoms with Gasteiger partial charge in [-0.1, -0.05) is 24.3 Å². The molecule has 0 radical (unpaired) electrons. The summed E-state index contributed by atoms with van der Waals surface area (Å²) in [6.45, 7) is 3.89. The molecule has 1 saturated heterocycles. The van der Waals surface area contributed by atoms with E-state index in [0.717, 1.165) is 23.2 Å². The van der Waals surface area contributed by atoms with Crippen molar-refractivity contribution >= 4 is 11.6 Å². The van der Waals surface area contributed by atoms with Gasteiger partial charge in [0, 0.05) is 43.4 Å². The maximum atomic E-state index is 14.1. The molecule has 168 valence electrons. The average Bonchev–Trinajstić information content (AvgIpc) is 3.21. The number of morpholine rings is 1. The second-order valence-corrected chi connectivity index (χ2v) is 7.95. The minimum absolute atomic E-state index is 0.00565. The number of nitrogens with zero attached hydrogens (tertiary/aromatic N) is 4. The lowest BCUT2D eigenvalue weighted by atomic mass is 9.88. The number of hydrogen-bond donors (Lipinski definition) is 1. The van der Waals surface area contributed by atoms with E-state index in [1.807, 2.05) is 12.1 Å². The van der Waals surface area contributed by atoms with E-state index in [2.05, 4.69) is 20.3 Å². The Hall–Kier alpha value is -2.98. The van der Waals surface area contributed by atoms with Gasteiger partial charge in [0.25, 0.3) is 5.91 Å². The summed E-state index contributed by atoms with van der Waals surface area (Å²) in [5, 5.41) is 6.74. The molecule has 1 amide bonds. The minimum Gasteiger partial charge on any atom is -0.379 e. The second-order valence-electron chi connectivity index (χ2n) is 7.95. The van der Waals surface area contributed by atoms with Crippen LogP contribution in [0.4, 0.5) is 13.2 Å². The van der Waals surface area contributed by atoms with E-state index in [9.17, 15) is 18.0 Å². The lowest BCUT2D eigenvalue weighted by Gasteiger charge is -2.26. The van der Waals surface area contributed by atoms with Crippen LogP contribution in [-0.2, 0) is 23.8 Å². The Kier molecular flexibility index (Phi) is 5.34. The summed E-state index contributed by atoms with van der Waals surface area (Å²) >= 11 is 0. The standard InChI is InChI=1S/C22H22F3N5O2/c23-22(24,25)20-16-6-5-14-3-1-2-4-15(14)19(16)27-18-13-17(28-30(18)20)21(31)26-7-8-29-9-11-32-12-10-29/h1-4,13H,5-12H2,(H,26,31). The largest absolute Gasteiger partial charge is 0.433 e. The molecule has 0 atom stereocenters. The molecule has 2 aromatic heterocycles. The number of hydrogen-bond acceptors (Lipinski definition) is 5. The third-order valence-corrected chi connectivity index (χ3v) is 5.94. The topological polar surface area (TPSA) is 71.8 Å². The van der Waals surface area contributed by atoms with E-state index >= 15 is 0 Å². The van der Waals surface area contributed by atoms with E-state index < -0.39 is 17.8 Å². The fraction of sp³-hybridized carbons (Fsp3) is 0.409. The summed E-state index contributed by atoms with van der Waals surface area (Å²) in [6.07, 6.45) is -3.92. The van der Waals surface area contributed by atoms with Crippen LogP contribution in [0.25, 0.3) is 16.9 Å². The first-order valence-corrected chi connectivity index (χ1v) is 10.6. The van der Waals surface area contributed by atoms with Gasteiger partial charge >= 0.3 is 6.18 Å². The zero-order valence-corrected chi connectivity index (χ0v) is 17.3. The van der Waals surface area contributed by atoms with Crippen molar-refractivity contribution in [2.75, 3.05) is 39.4 Å². The summed E-state index contributed by atoms with van der Waals surface area (Å²) in [7, 11) is 0. The molecular formula is C22H22F3N5O2. The third kappa shape index (κ3) is 3.84. The Morgan fingerprint density at radius 2 is 1.94 bits per heavy atom. The van der Waals surface area contributed by atoms with Crippen LogP contribution in [0, 0.1) is 0 Å². The number of rotatable bonds is 4. The molecule has 7 nitrogen and oxygen atoms in total. The average molecular weight is 445 g/mol. The van der Waals surface area contributed by atoms with Gasteiger partial charge in [-0.05, 0) is 18.4 Å². The highest BCUT2D eigenvalue weighted by Gasteiger charge is 2.40. The highest BCUT2D eigenvalue weighted by atomic mass is 19.4. The molecule has 2 aliphatic rings. The number of carbonyl (C=O) groups excluding carboxylic acids is 1. The van der Waals surface area contributed by atoms with Crippen molar-refractivity contribution in [2.24, 2.45) is 0 Å². The molecule has 0 saturated carbocycles. The van der Waals surface area contributed by atoms with Crippen molar-refractivity contribution in [3.63, 3.8) is 0 Å². The number of alkyl halides is 3. The van der Waals surface area contributed by atoms with E-state index in [0.29, 0.717) is 44.0 Å². The number of halogens is 3. The van der Waals surface area contributed by atoms with Gasteiger partial charge in [-0.2, -0.15) is 18.3 Å². The van der Waals surface area contributed by atoms with E-state index in [4.69, 9.17) is 4.74 Å². The lowest BCUT2D eigenvalue weighted by Crippen LogP contribution is -2.41. The summed E-state index contributed by atoms with van der Waals surface area (Å²) in [6, 6.07) is 8.66. The van der Waals surface area contributed by atoms with Crippen molar-refractivity contribution in [1.82, 2.24) is 24.8 Å². The molecule has 5 rings (SSSR count). The van der Waals surface area contributed by atoms with Gasteiger partial charge in [0.2, 0.25) is 0 Å². The van der Waals surface area contributed by atoms with Crippen LogP contribution in [0.1, 0.15) is 27.3 Å². The number of ether oxygens (including phenoxy) is 1. The Labute approximate surface area is 182 Å². The van der Waals surface area contributed by atoms with E-state index in [1.54, 1.807) is 12.1 Å². The van der Waals surface area contributed by atoms with Gasteiger partial charge in [0.1, 0.15) is 0 Å². The van der Waals surface area contributed by atoms with Crippen LogP contribution in [0.3, 0.4) is 0 Å². The van der Waals surface area contributed by atoms with Gasteiger partial charge in [-0.15, -0.1) is 0 Å². The summed E-state index contributed by atoms with van der Waals surface area (Å²) in [4.78, 5) is 19.2. The number of amides is 1. The SMILES string of the molecule is O=C(NCCN1CCOCC1)c1cc2nc3c(c(C(F)(F)F)n2n1)CCc1ccccc1-3. The molecule has 32 heavy (non-hydrogen) atoms. The third-order valence-electron chi connectivity index (χ3n) is 5.94. The molecule has 1 N–H and O–H groups in total. The molecule has 1 aromatic carbocycles. The van der Waals surface area contributed by atoms with Gasteiger partial charge < -0.3 is 10.1 Å². The molecule has 3 aromatic rings. The molecule has 0 unspecified atom stereocenters. The Balaban J connectivity index is 1.47. The molecule has 0 bridgehead atoms. The second kappa shape index (κ2) is 8.18. The van der Waals surface area contributed by atoms with Crippen molar-refractivity contribution in [2.45, 2.75) is 19.0 Å². The van der Waals surface area contributed by atoms with Gasteiger partial charge in [-0.25, -0.2) is 9.50 Å². The van der Waals surface area contributed by atoms with Crippen molar-refractivity contribution in [1.29, 1.82) is 0 Å². The zero-order valence-electron chi connectivity index (χ0n) is 17.3. The molecule has 1 fully saturated rings. The molecular weight excluding hydrogens is 423 g/mol. The van der Waals surface area contributed by atoms with Gasteiger partial charge in [0.15, 0.2) is 17.0 Å². The van der Waals surface area contributed by atoms with Crippen molar-refractivity contribution in [3.05, 3.63) is 52.8 Å². The molecule has 10 heteroatoms. The van der Waals surface area contributed by atoms with Crippen LogP contribution in [0.5, 0.6) is 0 Å². The predicted octanol–water partition coefficient (Wildman–Crippen LogP) is 2.58. The van der Waals surface area contributed by atoms with Crippen LogP contribution in [0.2, 0.25) is 0 Å². The highest BCUT2D eigenvalue weighted by Crippen LogP contribution is 2.40. The number of aryl methyl sites for hydroxylation is 1. The van der Waals surface area contributed by atoms with Crippen LogP contribution >= 0.6 is 0 Å². The Morgan fingerprint density at radius 3 is 2.72 bits per heavy atom. The van der Waals surface area contributed by atoms with Crippen LogP contribution < -0.4 is 5.32 Å². The van der Waals surface area contributed by atoms with Gasteiger partial charge in [-0.3, -0.25) is 9.69 Å². The fourth-order valence-electron chi connectivity index (χ4n) is 4.37. The van der Waals surface area contributed by atoms with Crippen molar-refractivity contribution in [3.8, 4) is 11.3 Å². The lowest BCUT2D eigenvalue weighted by molar-refractivity contribution is -0.143. The number of carbonyl (C=O) groups is 1.